The number of nitrogens with zero attached hydrogens (tertiary/aromatic N) is 2. The molecule has 6 rings (SSSR count). The summed E-state index contributed by atoms with van der Waals surface area (Å²) >= 11 is 0. The molecule has 306 valence electrons. The van der Waals surface area contributed by atoms with Gasteiger partial charge in [0.2, 0.25) is 27.7 Å². The van der Waals surface area contributed by atoms with Crippen molar-refractivity contribution in [2.24, 2.45) is 29.1 Å². The highest BCUT2D eigenvalue weighted by Gasteiger charge is 2.62. The normalized spacial score (nSPS) is 29.9. The molecule has 2 amide bonds. The van der Waals surface area contributed by atoms with Gasteiger partial charge < -0.3 is 23.8 Å². The zero-order valence-electron chi connectivity index (χ0n) is 33.9. The van der Waals surface area contributed by atoms with Crippen LogP contribution in [0.2, 0.25) is 0 Å². The van der Waals surface area contributed by atoms with Gasteiger partial charge in [0, 0.05) is 24.4 Å². The Kier molecular flexibility index (Phi) is 11.6. The summed E-state index contributed by atoms with van der Waals surface area (Å²) in [5.74, 6) is -1.77. The van der Waals surface area contributed by atoms with Crippen LogP contribution in [0.5, 0.6) is 17.4 Å². The number of methoxy groups -OCH3 is 2. The molecule has 0 unspecified atom stereocenters. The summed E-state index contributed by atoms with van der Waals surface area (Å²) in [6.07, 6.45) is 7.98. The van der Waals surface area contributed by atoms with E-state index in [0.717, 1.165) is 11.8 Å². The molecular weight excluding hydrogens is 739 g/mol. The van der Waals surface area contributed by atoms with Crippen LogP contribution in [0.1, 0.15) is 99.3 Å². The van der Waals surface area contributed by atoms with Crippen molar-refractivity contribution < 1.29 is 46.5 Å². The van der Waals surface area contributed by atoms with E-state index >= 15 is 0 Å². The van der Waals surface area contributed by atoms with Gasteiger partial charge in [-0.1, -0.05) is 26.0 Å². The second-order valence-corrected chi connectivity index (χ2v) is 19.9. The molecule has 2 aliphatic carbocycles. The van der Waals surface area contributed by atoms with Crippen LogP contribution in [0.15, 0.2) is 36.5 Å². The fraction of sp³-hybridized carbons (Fsp3) is 0.643. The van der Waals surface area contributed by atoms with Gasteiger partial charge in [-0.3, -0.25) is 23.9 Å². The molecule has 0 radical (unpaired) electrons. The predicted octanol–water partition coefficient (Wildman–Crippen LogP) is 5.92. The Hall–Kier alpha value is -4.20. The van der Waals surface area contributed by atoms with Crippen LogP contribution in [0.3, 0.4) is 0 Å². The summed E-state index contributed by atoms with van der Waals surface area (Å²) in [4.78, 5) is 62.9. The van der Waals surface area contributed by atoms with E-state index in [1.54, 1.807) is 47.1 Å². The number of sulfonamides is 1. The molecule has 1 aromatic carbocycles. The smallest absolute Gasteiger partial charge is 0.307 e. The SMILES string of the molecule is COc1cc2ccnc(O[C@@H]3C[C@H]4C(=O)C[C@]5(C(=O)NS(=O)(=O)C6(C)CC6)C[C@H]5/C=C\CC[C@@H](C)C[C@@H](C)[C@H](CC(=O)OC(C)(C)C)C(=O)N4C3)c2cc1OC. The van der Waals surface area contributed by atoms with Gasteiger partial charge in [0.1, 0.15) is 11.7 Å². The lowest BCUT2D eigenvalue weighted by Crippen LogP contribution is -2.48. The van der Waals surface area contributed by atoms with Gasteiger partial charge in [-0.05, 0) is 108 Å². The van der Waals surface area contributed by atoms with Crippen LogP contribution in [0.4, 0.5) is 0 Å². The summed E-state index contributed by atoms with van der Waals surface area (Å²) in [6.45, 7) is 11.1. The topological polar surface area (TPSA) is 167 Å². The Morgan fingerprint density at radius 2 is 1.75 bits per heavy atom. The summed E-state index contributed by atoms with van der Waals surface area (Å²) < 4.78 is 51.1. The Morgan fingerprint density at radius 1 is 1.05 bits per heavy atom. The molecular formula is C42H57N3O10S. The van der Waals surface area contributed by atoms with Crippen LogP contribution < -0.4 is 18.9 Å². The molecule has 13 nitrogen and oxygen atoms in total. The Balaban J connectivity index is 1.36. The van der Waals surface area contributed by atoms with Crippen molar-refractivity contribution in [2.45, 2.75) is 122 Å². The Morgan fingerprint density at radius 3 is 2.41 bits per heavy atom. The average molecular weight is 796 g/mol. The number of pyridine rings is 1. The maximum atomic E-state index is 14.9. The monoisotopic (exact) mass is 795 g/mol. The number of nitrogens with one attached hydrogen (secondary N) is 1. The lowest BCUT2D eigenvalue weighted by Gasteiger charge is -2.32. The van der Waals surface area contributed by atoms with Crippen molar-refractivity contribution in [2.75, 3.05) is 20.8 Å². The molecule has 2 aliphatic heterocycles. The van der Waals surface area contributed by atoms with Gasteiger partial charge in [-0.15, -0.1) is 0 Å². The standard InChI is InChI=1S/C42H57N3O10S/c1-25-11-9-10-12-28-22-42(28,39(49)44-56(50,51)41(6)14-15-41)23-33(46)32-19-29(54-37-31-20-35(53-8)34(52-7)18-27(31)13-16-43-37)24-45(32)38(48)30(26(2)17-25)21-36(47)55-40(3,4)5/h10,12-13,16,18,20,25-26,28-30,32H,9,11,14-15,17,19,21-24H2,1-8H3,(H,44,49)/b12-10-/t25-,26-,28-,29-,30+,32+,42-/m1/s1. The third-order valence-electron chi connectivity index (χ3n) is 12.1. The minimum atomic E-state index is -3.96. The van der Waals surface area contributed by atoms with E-state index in [-0.39, 0.29) is 61.1 Å². The van der Waals surface area contributed by atoms with Gasteiger partial charge in [-0.25, -0.2) is 13.4 Å². The van der Waals surface area contributed by atoms with E-state index in [2.05, 4.69) is 16.6 Å². The van der Waals surface area contributed by atoms with E-state index in [0.29, 0.717) is 49.0 Å². The number of Topliss-reactive ketones (excluding diaryl/α,β-unsaturated/α-hetero) is 1. The first-order chi connectivity index (χ1) is 26.3. The van der Waals surface area contributed by atoms with E-state index in [4.69, 9.17) is 18.9 Å². The quantitative estimate of drug-likeness (QED) is 0.236. The number of allylic oxidation sites excluding steroid dienone is 2. The highest BCUT2D eigenvalue weighted by atomic mass is 32.2. The molecule has 1 N–H and O–H groups in total. The van der Waals surface area contributed by atoms with Crippen LogP contribution in [0.25, 0.3) is 10.8 Å². The number of hydrogen-bond acceptors (Lipinski definition) is 11. The minimum Gasteiger partial charge on any atom is -0.493 e. The third-order valence-corrected chi connectivity index (χ3v) is 14.3. The van der Waals surface area contributed by atoms with Crippen molar-refractivity contribution in [1.29, 1.82) is 0 Å². The second kappa shape index (κ2) is 15.6. The average Bonchev–Trinajstić information content (AvgIpc) is 4.00. The first kappa shape index (κ1) is 41.4. The third kappa shape index (κ3) is 8.69. The van der Waals surface area contributed by atoms with E-state index in [1.165, 1.54) is 12.0 Å². The van der Waals surface area contributed by atoms with Crippen molar-refractivity contribution >= 4 is 44.4 Å². The lowest BCUT2D eigenvalue weighted by atomic mass is 9.82. The molecule has 3 fully saturated rings. The van der Waals surface area contributed by atoms with E-state index in [9.17, 15) is 27.6 Å². The number of hydrogen-bond donors (Lipinski definition) is 1. The van der Waals surface area contributed by atoms with Gasteiger partial charge >= 0.3 is 5.97 Å². The number of benzene rings is 1. The fourth-order valence-electron chi connectivity index (χ4n) is 8.37. The number of carbonyl (C=O) groups is 4. The largest absolute Gasteiger partial charge is 0.493 e. The summed E-state index contributed by atoms with van der Waals surface area (Å²) in [6, 6.07) is 4.39. The van der Waals surface area contributed by atoms with Gasteiger partial charge in [0.25, 0.3) is 0 Å². The molecule has 56 heavy (non-hydrogen) atoms. The summed E-state index contributed by atoms with van der Waals surface area (Å²) in [5, 5.41) is 1.43. The number of aromatic nitrogens is 1. The highest BCUT2D eigenvalue weighted by molar-refractivity contribution is 7.91. The maximum absolute atomic E-state index is 14.9. The molecule has 1 aromatic heterocycles. The zero-order valence-corrected chi connectivity index (χ0v) is 34.7. The van der Waals surface area contributed by atoms with Crippen molar-refractivity contribution in [3.05, 3.63) is 36.5 Å². The molecule has 7 atom stereocenters. The number of rotatable bonds is 9. The molecule has 1 saturated heterocycles. The van der Waals surface area contributed by atoms with Crippen LogP contribution in [-0.4, -0.2) is 85.1 Å². The number of carbonyl (C=O) groups excluding carboxylic acids is 4. The first-order valence-corrected chi connectivity index (χ1v) is 21.2. The number of fused-ring (bicyclic) bond motifs is 3. The van der Waals surface area contributed by atoms with Gasteiger partial charge in [-0.2, -0.15) is 0 Å². The number of amides is 2. The lowest BCUT2D eigenvalue weighted by molar-refractivity contribution is -0.160. The zero-order chi connectivity index (χ0) is 40.8. The van der Waals surface area contributed by atoms with Crippen molar-refractivity contribution in [3.8, 4) is 17.4 Å². The second-order valence-electron chi connectivity index (χ2n) is 17.7. The maximum Gasteiger partial charge on any atom is 0.307 e. The molecule has 14 heteroatoms. The van der Waals surface area contributed by atoms with Gasteiger partial charge in [0.15, 0.2) is 17.3 Å². The van der Waals surface area contributed by atoms with Crippen molar-refractivity contribution in [1.82, 2.24) is 14.6 Å². The van der Waals surface area contributed by atoms with Crippen LogP contribution in [-0.2, 0) is 33.9 Å². The highest BCUT2D eigenvalue weighted by Crippen LogP contribution is 2.58. The Labute approximate surface area is 330 Å². The van der Waals surface area contributed by atoms with E-state index < -0.39 is 55.7 Å². The Bertz CT molecular complexity index is 2000. The molecule has 4 aliphatic rings. The van der Waals surface area contributed by atoms with E-state index in [1.807, 2.05) is 31.2 Å². The predicted molar refractivity (Wildman–Crippen MR) is 210 cm³/mol. The molecule has 2 saturated carbocycles. The molecule has 3 heterocycles. The molecule has 0 spiro atoms. The fourth-order valence-corrected chi connectivity index (χ4v) is 9.71. The van der Waals surface area contributed by atoms with Crippen molar-refractivity contribution in [3.63, 3.8) is 0 Å². The molecule has 0 bridgehead atoms. The number of ether oxygens (including phenoxy) is 4. The summed E-state index contributed by atoms with van der Waals surface area (Å²) in [7, 11) is -0.879. The molecule has 2 aromatic rings. The number of esters is 1. The minimum absolute atomic E-state index is 0.0307. The van der Waals surface area contributed by atoms with Crippen LogP contribution in [0, 0.1) is 29.1 Å². The summed E-state index contributed by atoms with van der Waals surface area (Å²) in [5.41, 5.74) is -2.03. The van der Waals surface area contributed by atoms with Gasteiger partial charge in [0.05, 0.1) is 49.3 Å². The number of ketones is 1. The van der Waals surface area contributed by atoms with Crippen LogP contribution >= 0.6 is 0 Å². The first-order valence-electron chi connectivity index (χ1n) is 19.8.